The Morgan fingerprint density at radius 2 is 1.91 bits per heavy atom. The van der Waals surface area contributed by atoms with Crippen molar-refractivity contribution >= 4 is 17.4 Å². The third kappa shape index (κ3) is 3.73. The second-order valence-electron chi connectivity index (χ2n) is 5.38. The van der Waals surface area contributed by atoms with Crippen LogP contribution in [0.2, 0.25) is 0 Å². The zero-order valence-corrected chi connectivity index (χ0v) is 13.4. The molecule has 0 heterocycles. The molecule has 0 saturated heterocycles. The van der Waals surface area contributed by atoms with Gasteiger partial charge in [-0.2, -0.15) is 0 Å². The average Bonchev–Trinajstić information content (AvgIpc) is 2.49. The largest absolute Gasteiger partial charge is 0.394 e. The highest BCUT2D eigenvalue weighted by atomic mass is 16.6. The van der Waals surface area contributed by atoms with Gasteiger partial charge in [-0.15, -0.1) is 0 Å². The molecule has 3 N–H and O–H groups in total. The third-order valence-corrected chi connectivity index (χ3v) is 4.11. The predicted octanol–water partition coefficient (Wildman–Crippen LogP) is 2.88. The fourth-order valence-electron chi connectivity index (χ4n) is 2.30. The van der Waals surface area contributed by atoms with Gasteiger partial charge in [0.1, 0.15) is 0 Å². The highest BCUT2D eigenvalue weighted by molar-refractivity contribution is 5.92. The van der Waals surface area contributed by atoms with Gasteiger partial charge in [-0.25, -0.2) is 4.79 Å². The van der Waals surface area contributed by atoms with E-state index in [0.29, 0.717) is 24.1 Å². The van der Waals surface area contributed by atoms with Crippen molar-refractivity contribution in [3.63, 3.8) is 0 Å². The molecular weight excluding hydrogens is 286 g/mol. The van der Waals surface area contributed by atoms with E-state index in [1.807, 2.05) is 13.8 Å². The molecule has 122 valence electrons. The van der Waals surface area contributed by atoms with Gasteiger partial charge in [-0.05, 0) is 32.3 Å². The van der Waals surface area contributed by atoms with E-state index in [1.165, 1.54) is 6.07 Å². The first-order valence-electron chi connectivity index (χ1n) is 7.24. The molecule has 0 bridgehead atoms. The first kappa shape index (κ1) is 17.9. The zero-order valence-electron chi connectivity index (χ0n) is 13.4. The summed E-state index contributed by atoms with van der Waals surface area (Å²) in [6.07, 6.45) is 1.17. The summed E-state index contributed by atoms with van der Waals surface area (Å²) < 4.78 is 0. The molecule has 1 aromatic carbocycles. The van der Waals surface area contributed by atoms with Gasteiger partial charge in [-0.3, -0.25) is 10.1 Å². The Morgan fingerprint density at radius 1 is 1.32 bits per heavy atom. The molecule has 0 saturated carbocycles. The van der Waals surface area contributed by atoms with Crippen LogP contribution in [-0.4, -0.2) is 28.2 Å². The fourth-order valence-corrected chi connectivity index (χ4v) is 2.30. The number of carbonyl (C=O) groups excluding carboxylic acids is 1. The number of aliphatic hydroxyl groups excluding tert-OH is 1. The van der Waals surface area contributed by atoms with Crippen LogP contribution in [0.1, 0.15) is 37.8 Å². The van der Waals surface area contributed by atoms with Gasteiger partial charge in [0.25, 0.3) is 5.69 Å². The lowest BCUT2D eigenvalue weighted by molar-refractivity contribution is -0.385. The minimum absolute atomic E-state index is 0.0414. The van der Waals surface area contributed by atoms with E-state index in [0.717, 1.165) is 5.56 Å². The van der Waals surface area contributed by atoms with Crippen molar-refractivity contribution in [3.05, 3.63) is 33.4 Å². The first-order valence-corrected chi connectivity index (χ1v) is 7.24. The number of nitrogens with zero attached hydrogens (tertiary/aromatic N) is 1. The number of aliphatic hydroxyl groups is 1. The molecule has 0 unspecified atom stereocenters. The molecule has 0 spiro atoms. The highest BCUT2D eigenvalue weighted by Gasteiger charge is 2.28. The number of aryl methyl sites for hydroxylation is 1. The summed E-state index contributed by atoms with van der Waals surface area (Å²) in [5, 5.41) is 25.9. The lowest BCUT2D eigenvalue weighted by Crippen LogP contribution is -2.52. The van der Waals surface area contributed by atoms with Crippen molar-refractivity contribution < 1.29 is 14.8 Å². The van der Waals surface area contributed by atoms with Gasteiger partial charge < -0.3 is 15.7 Å². The van der Waals surface area contributed by atoms with E-state index in [-0.39, 0.29) is 12.3 Å². The van der Waals surface area contributed by atoms with Gasteiger partial charge >= 0.3 is 6.03 Å². The molecule has 0 radical (unpaired) electrons. The van der Waals surface area contributed by atoms with E-state index in [1.54, 1.807) is 19.9 Å². The predicted molar refractivity (Wildman–Crippen MR) is 85.1 cm³/mol. The maximum Gasteiger partial charge on any atom is 0.319 e. The lowest BCUT2D eigenvalue weighted by Gasteiger charge is -2.30. The lowest BCUT2D eigenvalue weighted by atomic mass is 9.94. The number of rotatable bonds is 6. The fraction of sp³-hybridized carbons (Fsp3) is 0.533. The number of nitrogens with one attached hydrogen (secondary N) is 2. The Morgan fingerprint density at radius 3 is 2.36 bits per heavy atom. The van der Waals surface area contributed by atoms with Crippen LogP contribution < -0.4 is 10.6 Å². The molecule has 22 heavy (non-hydrogen) atoms. The summed E-state index contributed by atoms with van der Waals surface area (Å²) in [6, 6.07) is 2.54. The number of nitro benzene ring substituents is 1. The van der Waals surface area contributed by atoms with Gasteiger partial charge in [0.15, 0.2) is 0 Å². The Bertz CT molecular complexity index is 560. The van der Waals surface area contributed by atoms with Crippen molar-refractivity contribution in [2.24, 2.45) is 0 Å². The van der Waals surface area contributed by atoms with Gasteiger partial charge in [-0.1, -0.05) is 19.9 Å². The van der Waals surface area contributed by atoms with Crippen LogP contribution >= 0.6 is 0 Å². The van der Waals surface area contributed by atoms with Gasteiger partial charge in [0.05, 0.1) is 28.3 Å². The summed E-state index contributed by atoms with van der Waals surface area (Å²) in [7, 11) is 0. The average molecular weight is 309 g/mol. The van der Waals surface area contributed by atoms with Gasteiger partial charge in [0, 0.05) is 6.07 Å². The Kier molecular flexibility index (Phi) is 5.87. The Labute approximate surface area is 129 Å². The van der Waals surface area contributed by atoms with Crippen molar-refractivity contribution in [3.8, 4) is 0 Å². The summed E-state index contributed by atoms with van der Waals surface area (Å²) in [5.41, 5.74) is 0.835. The molecule has 7 heteroatoms. The van der Waals surface area contributed by atoms with Gasteiger partial charge in [0.2, 0.25) is 0 Å². The summed E-state index contributed by atoms with van der Waals surface area (Å²) >= 11 is 0. The SMILES string of the molecule is CCC(CC)(CO)NC(=O)Nc1c(C)ccc([N+](=O)[O-])c1C. The standard InChI is InChI=1S/C15H23N3O4/c1-5-15(6-2,9-19)17-14(20)16-13-10(3)7-8-12(11(13)4)18(21)22/h7-8,19H,5-6,9H2,1-4H3,(H2,16,17,20). The second kappa shape index (κ2) is 7.22. The molecule has 0 aliphatic heterocycles. The number of hydrogen-bond acceptors (Lipinski definition) is 4. The topological polar surface area (TPSA) is 104 Å². The van der Waals surface area contributed by atoms with E-state index in [4.69, 9.17) is 0 Å². The maximum absolute atomic E-state index is 12.2. The van der Waals surface area contributed by atoms with E-state index < -0.39 is 16.5 Å². The van der Waals surface area contributed by atoms with E-state index >= 15 is 0 Å². The molecule has 1 aromatic rings. The minimum atomic E-state index is -0.688. The number of nitro groups is 1. The molecule has 1 rings (SSSR count). The monoisotopic (exact) mass is 309 g/mol. The highest BCUT2D eigenvalue weighted by Crippen LogP contribution is 2.28. The number of hydrogen-bond donors (Lipinski definition) is 3. The second-order valence-corrected chi connectivity index (χ2v) is 5.38. The molecule has 0 aliphatic rings. The van der Waals surface area contributed by atoms with Crippen LogP contribution in [0.5, 0.6) is 0 Å². The molecule has 0 fully saturated rings. The van der Waals surface area contributed by atoms with Crippen molar-refractivity contribution in [2.75, 3.05) is 11.9 Å². The zero-order chi connectivity index (χ0) is 16.9. The van der Waals surface area contributed by atoms with Crippen LogP contribution in [0.15, 0.2) is 12.1 Å². The van der Waals surface area contributed by atoms with Crippen LogP contribution in [0.4, 0.5) is 16.2 Å². The number of anilines is 1. The normalized spacial score (nSPS) is 11.1. The smallest absolute Gasteiger partial charge is 0.319 e. The number of benzene rings is 1. The quantitative estimate of drug-likeness (QED) is 0.555. The molecule has 0 aliphatic carbocycles. The van der Waals surface area contributed by atoms with Crippen molar-refractivity contribution in [1.82, 2.24) is 5.32 Å². The first-order chi connectivity index (χ1) is 10.3. The van der Waals surface area contributed by atoms with E-state index in [2.05, 4.69) is 10.6 Å². The Balaban J connectivity index is 3.02. The van der Waals surface area contributed by atoms with Crippen LogP contribution in [-0.2, 0) is 0 Å². The van der Waals surface area contributed by atoms with Crippen LogP contribution in [0.3, 0.4) is 0 Å². The number of urea groups is 1. The van der Waals surface area contributed by atoms with Crippen molar-refractivity contribution in [1.29, 1.82) is 0 Å². The van der Waals surface area contributed by atoms with E-state index in [9.17, 15) is 20.0 Å². The van der Waals surface area contributed by atoms with Crippen LogP contribution in [0.25, 0.3) is 0 Å². The molecule has 0 atom stereocenters. The molecule has 0 aromatic heterocycles. The summed E-state index contributed by atoms with van der Waals surface area (Å²) in [4.78, 5) is 22.7. The molecule has 2 amide bonds. The summed E-state index contributed by atoms with van der Waals surface area (Å²) in [5.74, 6) is 0. The minimum Gasteiger partial charge on any atom is -0.394 e. The third-order valence-electron chi connectivity index (χ3n) is 4.11. The molecular formula is C15H23N3O4. The summed E-state index contributed by atoms with van der Waals surface area (Å²) in [6.45, 7) is 6.96. The maximum atomic E-state index is 12.2. The number of carbonyl (C=O) groups is 1. The number of amides is 2. The Hall–Kier alpha value is -2.15. The van der Waals surface area contributed by atoms with Crippen LogP contribution in [0, 0.1) is 24.0 Å². The molecule has 7 nitrogen and oxygen atoms in total. The van der Waals surface area contributed by atoms with Crippen molar-refractivity contribution in [2.45, 2.75) is 46.1 Å².